The molecule has 9 nitrogen and oxygen atoms in total. The van der Waals surface area contributed by atoms with E-state index in [-0.39, 0.29) is 49.7 Å². The van der Waals surface area contributed by atoms with Crippen molar-refractivity contribution in [2.75, 3.05) is 11.1 Å². The summed E-state index contributed by atoms with van der Waals surface area (Å²) in [6.45, 7) is -0.681. The minimum Gasteiger partial charge on any atom is -1.00 e. The van der Waals surface area contributed by atoms with Gasteiger partial charge in [0.05, 0.1) is 46.8 Å². The van der Waals surface area contributed by atoms with Crippen molar-refractivity contribution in [3.05, 3.63) is 77.6 Å². The number of H-pyrrole nitrogens is 1. The van der Waals surface area contributed by atoms with Gasteiger partial charge in [-0.2, -0.15) is 18.3 Å². The predicted molar refractivity (Wildman–Crippen MR) is 118 cm³/mol. The van der Waals surface area contributed by atoms with Crippen molar-refractivity contribution in [1.82, 2.24) is 25.1 Å². The van der Waals surface area contributed by atoms with E-state index in [1.165, 1.54) is 30.6 Å². The topological polar surface area (TPSA) is 130 Å². The molecule has 4 N–H and O–H groups in total. The fourth-order valence-electron chi connectivity index (χ4n) is 3.28. The summed E-state index contributed by atoms with van der Waals surface area (Å²) in [5, 5.41) is 9.31. The van der Waals surface area contributed by atoms with Gasteiger partial charge in [-0.15, -0.1) is 0 Å². The molecule has 0 radical (unpaired) electrons. The third-order valence-electron chi connectivity index (χ3n) is 5.07. The second kappa shape index (κ2) is 10.6. The number of rotatable bonds is 5. The number of nitrogens with two attached hydrogens (primary N) is 1. The molecule has 0 bridgehead atoms. The standard InChI is InChI=1S/C22H17F4N7O2.ClH/c23-16-4-2-1-3-12(16)10-33(11-14-6-5-13(7-28-14)22(24,25)26)21(35)20(34)31-17-9-29-19(27)15-8-30-32-18(15)17;/h1-9H,10-11H2,(H2,27,29)(H,30,32)(H,31,34);1H. The van der Waals surface area contributed by atoms with Crippen LogP contribution in [0.5, 0.6) is 0 Å². The van der Waals surface area contributed by atoms with Crippen LogP contribution in [0.2, 0.25) is 0 Å². The molecular formula is C22H18ClF4N7O2. The maximum Gasteiger partial charge on any atom is 1.00 e. The summed E-state index contributed by atoms with van der Waals surface area (Å²) in [6.07, 6.45) is -1.33. The number of aromatic nitrogens is 4. The number of hydrogen-bond donors (Lipinski definition) is 3. The van der Waals surface area contributed by atoms with Crippen molar-refractivity contribution < 1.29 is 41.0 Å². The van der Waals surface area contributed by atoms with E-state index in [1.54, 1.807) is 6.07 Å². The van der Waals surface area contributed by atoms with Crippen LogP contribution < -0.4 is 23.5 Å². The van der Waals surface area contributed by atoms with Gasteiger partial charge in [0.1, 0.15) is 11.6 Å². The van der Waals surface area contributed by atoms with Crippen molar-refractivity contribution in [1.29, 1.82) is 0 Å². The van der Waals surface area contributed by atoms with Crippen LogP contribution >= 0.6 is 0 Å². The summed E-state index contributed by atoms with van der Waals surface area (Å²) in [5.74, 6) is -2.62. The first-order valence-corrected chi connectivity index (χ1v) is 10.1. The predicted octanol–water partition coefficient (Wildman–Crippen LogP) is 0.377. The molecule has 2 amide bonds. The molecule has 0 fully saturated rings. The molecule has 0 aliphatic rings. The Kier molecular flexibility index (Phi) is 7.73. The number of fused-ring (bicyclic) bond motifs is 1. The molecule has 0 unspecified atom stereocenters. The number of carbonyl (C=O) groups is 2. The van der Waals surface area contributed by atoms with E-state index >= 15 is 0 Å². The lowest BCUT2D eigenvalue weighted by Gasteiger charge is -2.22. The SMILES string of the molecule is Nc1ncc(NC(=O)C(=O)N(Cc2ccc(C(F)(F)F)cn2)Cc2ccccc2F)c2[nH]ncc12.[Cl-].[H+]. The van der Waals surface area contributed by atoms with E-state index in [2.05, 4.69) is 25.5 Å². The maximum atomic E-state index is 14.3. The summed E-state index contributed by atoms with van der Waals surface area (Å²) in [7, 11) is 0. The Hall–Kier alpha value is -4.26. The second-order valence-corrected chi connectivity index (χ2v) is 7.46. The number of aromatic amines is 1. The highest BCUT2D eigenvalue weighted by Crippen LogP contribution is 2.28. The Bertz CT molecular complexity index is 1400. The number of nitrogens with zero attached hydrogens (tertiary/aromatic N) is 4. The van der Waals surface area contributed by atoms with Gasteiger partial charge in [-0.1, -0.05) is 18.2 Å². The third-order valence-corrected chi connectivity index (χ3v) is 5.07. The smallest absolute Gasteiger partial charge is 1.00 e. The fraction of sp³-hybridized carbons (Fsp3) is 0.136. The Labute approximate surface area is 208 Å². The minimum atomic E-state index is -4.58. The van der Waals surface area contributed by atoms with Crippen LogP contribution in [0.15, 0.2) is 55.0 Å². The molecule has 1 aromatic carbocycles. The number of hydrogen-bond acceptors (Lipinski definition) is 6. The van der Waals surface area contributed by atoms with Crippen LogP contribution in [0.1, 0.15) is 18.2 Å². The van der Waals surface area contributed by atoms with E-state index in [9.17, 15) is 27.2 Å². The van der Waals surface area contributed by atoms with E-state index in [0.717, 1.165) is 17.0 Å². The Morgan fingerprint density at radius 2 is 1.81 bits per heavy atom. The number of amides is 2. The molecule has 36 heavy (non-hydrogen) atoms. The zero-order valence-corrected chi connectivity index (χ0v) is 18.9. The van der Waals surface area contributed by atoms with E-state index in [4.69, 9.17) is 5.73 Å². The van der Waals surface area contributed by atoms with Crippen molar-refractivity contribution in [3.63, 3.8) is 0 Å². The van der Waals surface area contributed by atoms with E-state index in [1.807, 2.05) is 0 Å². The van der Waals surface area contributed by atoms with Gasteiger partial charge >= 0.3 is 19.4 Å². The second-order valence-electron chi connectivity index (χ2n) is 7.46. The number of carbonyl (C=O) groups excluding carboxylic acids is 2. The van der Waals surface area contributed by atoms with E-state index < -0.39 is 29.4 Å². The number of nitrogen functional groups attached to an aromatic ring is 1. The lowest BCUT2D eigenvalue weighted by Crippen LogP contribution is -3.00. The van der Waals surface area contributed by atoms with Crippen LogP contribution in [0, 0.1) is 5.82 Å². The van der Waals surface area contributed by atoms with Gasteiger partial charge in [0.15, 0.2) is 0 Å². The van der Waals surface area contributed by atoms with Crippen LogP contribution in [-0.4, -0.2) is 36.9 Å². The highest BCUT2D eigenvalue weighted by molar-refractivity contribution is 6.40. The molecule has 0 aliphatic carbocycles. The first kappa shape index (κ1) is 26.3. The van der Waals surface area contributed by atoms with Crippen molar-refractivity contribution in [2.24, 2.45) is 0 Å². The number of benzene rings is 1. The Balaban J connectivity index is 0.00000241. The number of pyridine rings is 2. The van der Waals surface area contributed by atoms with Gasteiger partial charge < -0.3 is 28.4 Å². The molecule has 14 heteroatoms. The number of alkyl halides is 3. The molecule has 0 atom stereocenters. The number of anilines is 2. The van der Waals surface area contributed by atoms with Crippen molar-refractivity contribution >= 4 is 34.2 Å². The van der Waals surface area contributed by atoms with Gasteiger partial charge in [-0.25, -0.2) is 9.37 Å². The quantitative estimate of drug-likeness (QED) is 0.256. The highest BCUT2D eigenvalue weighted by atomic mass is 35.5. The van der Waals surface area contributed by atoms with E-state index in [0.29, 0.717) is 17.1 Å². The third kappa shape index (κ3) is 5.68. The van der Waals surface area contributed by atoms with Gasteiger partial charge in [0.25, 0.3) is 0 Å². The molecule has 0 saturated heterocycles. The van der Waals surface area contributed by atoms with Crippen molar-refractivity contribution in [2.45, 2.75) is 19.3 Å². The zero-order chi connectivity index (χ0) is 25.2. The summed E-state index contributed by atoms with van der Waals surface area (Å²) in [6, 6.07) is 7.50. The molecular weight excluding hydrogens is 506 g/mol. The molecule has 4 rings (SSSR count). The molecule has 188 valence electrons. The Morgan fingerprint density at radius 3 is 2.47 bits per heavy atom. The Morgan fingerprint density at radius 1 is 1.06 bits per heavy atom. The summed E-state index contributed by atoms with van der Waals surface area (Å²) >= 11 is 0. The maximum absolute atomic E-state index is 14.3. The zero-order valence-electron chi connectivity index (χ0n) is 19.2. The normalized spacial score (nSPS) is 11.1. The summed E-state index contributed by atoms with van der Waals surface area (Å²) < 4.78 is 52.8. The summed E-state index contributed by atoms with van der Waals surface area (Å²) in [4.78, 5) is 34.5. The molecule has 3 aromatic heterocycles. The van der Waals surface area contributed by atoms with Crippen molar-refractivity contribution in [3.8, 4) is 0 Å². The van der Waals surface area contributed by atoms with Crippen LogP contribution in [0.4, 0.5) is 29.1 Å². The molecule has 0 spiro atoms. The van der Waals surface area contributed by atoms with Crippen LogP contribution in [0.25, 0.3) is 10.9 Å². The van der Waals surface area contributed by atoms with Gasteiger partial charge in [-0.05, 0) is 18.2 Å². The molecule has 3 heterocycles. The first-order chi connectivity index (χ1) is 16.6. The number of halogens is 5. The summed E-state index contributed by atoms with van der Waals surface area (Å²) in [5.41, 5.74) is 5.43. The largest absolute Gasteiger partial charge is 1.00 e. The molecule has 0 aliphatic heterocycles. The monoisotopic (exact) mass is 523 g/mol. The average Bonchev–Trinajstić information content (AvgIpc) is 3.32. The van der Waals surface area contributed by atoms with Crippen LogP contribution in [0.3, 0.4) is 0 Å². The lowest BCUT2D eigenvalue weighted by molar-refractivity contribution is -0.144. The van der Waals surface area contributed by atoms with Gasteiger partial charge in [0.2, 0.25) is 0 Å². The lowest BCUT2D eigenvalue weighted by atomic mass is 10.2. The van der Waals surface area contributed by atoms with Gasteiger partial charge in [-0.3, -0.25) is 19.7 Å². The molecule has 0 saturated carbocycles. The minimum absolute atomic E-state index is 0. The van der Waals surface area contributed by atoms with Gasteiger partial charge in [0, 0.05) is 18.3 Å². The fourth-order valence-corrected chi connectivity index (χ4v) is 3.28. The van der Waals surface area contributed by atoms with Crippen LogP contribution in [-0.2, 0) is 28.9 Å². The average molecular weight is 524 g/mol. The highest BCUT2D eigenvalue weighted by Gasteiger charge is 2.31. The molecule has 4 aromatic rings. The first-order valence-electron chi connectivity index (χ1n) is 10.1. The number of nitrogens with one attached hydrogen (secondary N) is 2.